The zero-order valence-corrected chi connectivity index (χ0v) is 8.37. The Morgan fingerprint density at radius 3 is 3.09 bits per heavy atom. The Balaban J connectivity index is 2.31. The van der Waals surface area contributed by atoms with Crippen LogP contribution in [-0.4, -0.2) is 19.0 Å². The number of thioether (sulfide) groups is 1. The Bertz CT molecular complexity index is 184. The van der Waals surface area contributed by atoms with Gasteiger partial charge in [0.2, 0.25) is 0 Å². The third-order valence-corrected chi connectivity index (χ3v) is 3.36. The molecule has 0 aliphatic carbocycles. The summed E-state index contributed by atoms with van der Waals surface area (Å²) in [5.41, 5.74) is 0. The van der Waals surface area contributed by atoms with Gasteiger partial charge in [-0.25, -0.2) is 0 Å². The monoisotopic (exact) mass is 188 g/mol. The molecule has 0 aliphatic heterocycles. The fraction of sp³-hybridized carbons (Fsp3) is 0.500. The summed E-state index contributed by atoms with van der Waals surface area (Å²) in [5, 5.41) is 2.65. The first kappa shape index (κ1) is 9.10. The molecule has 0 radical (unpaired) electrons. The number of methoxy groups -OCH3 is 1. The van der Waals surface area contributed by atoms with Crippen LogP contribution in [0.5, 0.6) is 0 Å². The molecule has 11 heavy (non-hydrogen) atoms. The minimum absolute atomic E-state index is 0.554. The first-order chi connectivity index (χ1) is 5.33. The maximum atomic E-state index is 5.04. The van der Waals surface area contributed by atoms with Crippen molar-refractivity contribution in [3.8, 4) is 0 Å². The molecule has 0 fully saturated rings. The molecule has 3 heteroatoms. The van der Waals surface area contributed by atoms with Gasteiger partial charge in [-0.15, -0.1) is 23.1 Å². The normalized spacial score (nSPS) is 13.3. The van der Waals surface area contributed by atoms with Crippen LogP contribution in [0.15, 0.2) is 21.7 Å². The highest BCUT2D eigenvalue weighted by molar-refractivity contribution is 8.01. The molecule has 0 aromatic carbocycles. The van der Waals surface area contributed by atoms with Gasteiger partial charge in [-0.2, -0.15) is 0 Å². The second kappa shape index (κ2) is 4.80. The van der Waals surface area contributed by atoms with Crippen LogP contribution >= 0.6 is 23.1 Å². The predicted molar refractivity (Wildman–Crippen MR) is 51.5 cm³/mol. The Morgan fingerprint density at radius 1 is 1.73 bits per heavy atom. The van der Waals surface area contributed by atoms with E-state index in [4.69, 9.17) is 4.74 Å². The van der Waals surface area contributed by atoms with Crippen molar-refractivity contribution in [1.29, 1.82) is 0 Å². The highest BCUT2D eigenvalue weighted by atomic mass is 32.2. The van der Waals surface area contributed by atoms with Gasteiger partial charge in [0.15, 0.2) is 0 Å². The molecule has 0 spiro atoms. The van der Waals surface area contributed by atoms with Crippen LogP contribution in [0.2, 0.25) is 0 Å². The molecule has 62 valence electrons. The second-order valence-corrected chi connectivity index (χ2v) is 5.00. The molecule has 0 aliphatic rings. The predicted octanol–water partition coefficient (Wildman–Crippen LogP) is 2.88. The molecule has 1 aromatic rings. The van der Waals surface area contributed by atoms with Crippen molar-refractivity contribution < 1.29 is 4.74 Å². The zero-order valence-electron chi connectivity index (χ0n) is 6.74. The highest BCUT2D eigenvalue weighted by Gasteiger charge is 2.03. The lowest BCUT2D eigenvalue weighted by atomic mass is 10.5. The van der Waals surface area contributed by atoms with E-state index in [1.165, 1.54) is 4.21 Å². The van der Waals surface area contributed by atoms with Crippen molar-refractivity contribution in [3.63, 3.8) is 0 Å². The number of rotatable bonds is 4. The summed E-state index contributed by atoms with van der Waals surface area (Å²) in [6.45, 7) is 3.00. The van der Waals surface area contributed by atoms with Crippen molar-refractivity contribution in [2.45, 2.75) is 16.4 Å². The van der Waals surface area contributed by atoms with Gasteiger partial charge in [-0.1, -0.05) is 13.0 Å². The van der Waals surface area contributed by atoms with Crippen LogP contribution < -0.4 is 0 Å². The van der Waals surface area contributed by atoms with Crippen molar-refractivity contribution >= 4 is 23.1 Å². The summed E-state index contributed by atoms with van der Waals surface area (Å²) >= 11 is 3.65. The first-order valence-corrected chi connectivity index (χ1v) is 5.28. The minimum atomic E-state index is 0.554. The van der Waals surface area contributed by atoms with E-state index in [9.17, 15) is 0 Å². The fourth-order valence-electron chi connectivity index (χ4n) is 0.798. The number of ether oxygens (including phenoxy) is 1. The van der Waals surface area contributed by atoms with E-state index in [0.29, 0.717) is 5.25 Å². The van der Waals surface area contributed by atoms with Crippen LogP contribution in [0.4, 0.5) is 0 Å². The van der Waals surface area contributed by atoms with Crippen molar-refractivity contribution in [2.24, 2.45) is 0 Å². The van der Waals surface area contributed by atoms with E-state index in [1.54, 1.807) is 18.4 Å². The summed E-state index contributed by atoms with van der Waals surface area (Å²) in [7, 11) is 1.74. The minimum Gasteiger partial charge on any atom is -0.384 e. The number of hydrogen-bond donors (Lipinski definition) is 0. The zero-order chi connectivity index (χ0) is 8.10. The van der Waals surface area contributed by atoms with Gasteiger partial charge in [0, 0.05) is 12.4 Å². The van der Waals surface area contributed by atoms with E-state index < -0.39 is 0 Å². The quantitative estimate of drug-likeness (QED) is 0.672. The molecule has 0 bridgehead atoms. The van der Waals surface area contributed by atoms with Crippen LogP contribution in [-0.2, 0) is 4.74 Å². The fourth-order valence-corrected chi connectivity index (χ4v) is 2.89. The lowest BCUT2D eigenvalue weighted by molar-refractivity contribution is 0.203. The lowest BCUT2D eigenvalue weighted by Gasteiger charge is -2.06. The van der Waals surface area contributed by atoms with E-state index in [2.05, 4.69) is 24.4 Å². The molecule has 0 amide bonds. The Labute approximate surface area is 75.8 Å². The standard InChI is InChI=1S/C8H12OS2/c1-7(6-9-2)11-8-4-3-5-10-8/h3-5,7H,6H2,1-2H3. The molecule has 0 N–H and O–H groups in total. The van der Waals surface area contributed by atoms with E-state index in [1.807, 2.05) is 11.8 Å². The molecule has 1 unspecified atom stereocenters. The summed E-state index contributed by atoms with van der Waals surface area (Å²) in [5.74, 6) is 0. The van der Waals surface area contributed by atoms with Crippen LogP contribution in [0.3, 0.4) is 0 Å². The Morgan fingerprint density at radius 2 is 2.55 bits per heavy atom. The maximum Gasteiger partial charge on any atom is 0.0601 e. The highest BCUT2D eigenvalue weighted by Crippen LogP contribution is 2.27. The first-order valence-electron chi connectivity index (χ1n) is 3.52. The topological polar surface area (TPSA) is 9.23 Å². The molecule has 1 atom stereocenters. The van der Waals surface area contributed by atoms with Gasteiger partial charge in [-0.05, 0) is 11.4 Å². The molecule has 0 saturated heterocycles. The van der Waals surface area contributed by atoms with Crippen molar-refractivity contribution in [1.82, 2.24) is 0 Å². The summed E-state index contributed by atoms with van der Waals surface area (Å²) in [6.07, 6.45) is 0. The molecular weight excluding hydrogens is 176 g/mol. The molecule has 1 heterocycles. The van der Waals surface area contributed by atoms with Gasteiger partial charge in [0.05, 0.1) is 10.8 Å². The van der Waals surface area contributed by atoms with Gasteiger partial charge < -0.3 is 4.74 Å². The second-order valence-electron chi connectivity index (χ2n) is 2.32. The van der Waals surface area contributed by atoms with E-state index in [0.717, 1.165) is 6.61 Å². The van der Waals surface area contributed by atoms with Gasteiger partial charge >= 0.3 is 0 Å². The van der Waals surface area contributed by atoms with E-state index in [-0.39, 0.29) is 0 Å². The molecule has 1 nitrogen and oxygen atoms in total. The van der Waals surface area contributed by atoms with Crippen LogP contribution in [0, 0.1) is 0 Å². The Kier molecular flexibility index (Phi) is 3.97. The number of thiophene rings is 1. The van der Waals surface area contributed by atoms with Crippen molar-refractivity contribution in [2.75, 3.05) is 13.7 Å². The smallest absolute Gasteiger partial charge is 0.0601 e. The lowest BCUT2D eigenvalue weighted by Crippen LogP contribution is -2.03. The van der Waals surface area contributed by atoms with Gasteiger partial charge in [-0.3, -0.25) is 0 Å². The molecule has 1 aromatic heterocycles. The molecular formula is C8H12OS2. The van der Waals surface area contributed by atoms with Crippen LogP contribution in [0.1, 0.15) is 6.92 Å². The third kappa shape index (κ3) is 3.27. The molecule has 1 rings (SSSR count). The maximum absolute atomic E-state index is 5.04. The van der Waals surface area contributed by atoms with E-state index >= 15 is 0 Å². The average molecular weight is 188 g/mol. The summed E-state index contributed by atoms with van der Waals surface area (Å²) in [6, 6.07) is 4.22. The molecule has 0 saturated carbocycles. The average Bonchev–Trinajstić information content (AvgIpc) is 2.40. The van der Waals surface area contributed by atoms with Gasteiger partial charge in [0.25, 0.3) is 0 Å². The Hall–Kier alpha value is 0.01000. The van der Waals surface area contributed by atoms with Gasteiger partial charge in [0.1, 0.15) is 0 Å². The van der Waals surface area contributed by atoms with Crippen molar-refractivity contribution in [3.05, 3.63) is 17.5 Å². The third-order valence-electron chi connectivity index (χ3n) is 1.21. The number of hydrogen-bond acceptors (Lipinski definition) is 3. The largest absolute Gasteiger partial charge is 0.384 e. The van der Waals surface area contributed by atoms with Crippen LogP contribution in [0.25, 0.3) is 0 Å². The summed E-state index contributed by atoms with van der Waals surface area (Å²) in [4.78, 5) is 0. The summed E-state index contributed by atoms with van der Waals surface area (Å²) < 4.78 is 6.41. The SMILES string of the molecule is COCC(C)Sc1cccs1.